The number of sulfonamides is 1. The molecule has 11 heteroatoms. The summed E-state index contributed by atoms with van der Waals surface area (Å²) < 4.78 is 31.6. The fraction of sp³-hybridized carbons (Fsp3) is 0.440. The smallest absolute Gasteiger partial charge is 0.242 e. The van der Waals surface area contributed by atoms with E-state index in [0.717, 1.165) is 6.26 Å². The van der Waals surface area contributed by atoms with E-state index in [0.29, 0.717) is 40.1 Å². The number of hydrogen-bond donors (Lipinski definition) is 1. The second-order valence-corrected chi connectivity index (χ2v) is 10.9. The van der Waals surface area contributed by atoms with Crippen LogP contribution < -0.4 is 14.4 Å². The van der Waals surface area contributed by atoms with Crippen molar-refractivity contribution < 1.29 is 22.7 Å². The van der Waals surface area contributed by atoms with Crippen LogP contribution >= 0.6 is 23.2 Å². The van der Waals surface area contributed by atoms with E-state index >= 15 is 0 Å². The van der Waals surface area contributed by atoms with Crippen LogP contribution in [0.4, 0.5) is 5.69 Å². The van der Waals surface area contributed by atoms with Crippen LogP contribution in [-0.2, 0) is 26.2 Å². The van der Waals surface area contributed by atoms with E-state index in [1.54, 1.807) is 42.5 Å². The van der Waals surface area contributed by atoms with Crippen LogP contribution in [0.15, 0.2) is 42.5 Å². The highest BCUT2D eigenvalue weighted by molar-refractivity contribution is 7.92. The Morgan fingerprint density at radius 1 is 1.08 bits per heavy atom. The molecular weight excluding hydrogens is 525 g/mol. The van der Waals surface area contributed by atoms with Gasteiger partial charge in [0.1, 0.15) is 11.8 Å². The van der Waals surface area contributed by atoms with Gasteiger partial charge in [0.15, 0.2) is 0 Å². The van der Waals surface area contributed by atoms with Gasteiger partial charge in [0.25, 0.3) is 0 Å². The molecule has 2 amide bonds. The number of nitrogens with one attached hydrogen (secondary N) is 1. The summed E-state index contributed by atoms with van der Waals surface area (Å²) in [4.78, 5) is 27.3. The number of likely N-dealkylation sites (N-methyl/N-ethyl adjacent to an activating group) is 1. The molecule has 1 N–H and O–H groups in total. The standard InChI is InChI=1S/C25H33Cl2N3O5S/c1-5-23(25(32)28-3)29(17-18-9-10-19(26)16-22(18)27)24(31)8-7-15-30(36(4,33)34)20-11-13-21(14-12-20)35-6-2/h9-14,16,23H,5-8,15,17H2,1-4H3,(H,28,32)/t23-/m0/s1. The third-order valence-electron chi connectivity index (χ3n) is 5.58. The number of anilines is 1. The van der Waals surface area contributed by atoms with E-state index in [2.05, 4.69) is 5.32 Å². The van der Waals surface area contributed by atoms with Crippen LogP contribution in [0, 0.1) is 0 Å². The van der Waals surface area contributed by atoms with Gasteiger partial charge in [-0.25, -0.2) is 8.42 Å². The normalized spacial score (nSPS) is 12.1. The summed E-state index contributed by atoms with van der Waals surface area (Å²) in [5.41, 5.74) is 1.14. The topological polar surface area (TPSA) is 96.0 Å². The minimum atomic E-state index is -3.58. The second kappa shape index (κ2) is 13.7. The largest absolute Gasteiger partial charge is 0.494 e. The van der Waals surface area contributed by atoms with Gasteiger partial charge < -0.3 is 15.0 Å². The number of carbonyl (C=O) groups excluding carboxylic acids is 2. The Balaban J connectivity index is 2.20. The first-order valence-electron chi connectivity index (χ1n) is 11.7. The average molecular weight is 559 g/mol. The van der Waals surface area contributed by atoms with Crippen molar-refractivity contribution in [2.75, 3.05) is 30.8 Å². The molecule has 2 rings (SSSR count). The molecule has 0 radical (unpaired) electrons. The molecule has 8 nitrogen and oxygen atoms in total. The summed E-state index contributed by atoms with van der Waals surface area (Å²) in [6, 6.07) is 11.0. The van der Waals surface area contributed by atoms with Gasteiger partial charge in [-0.2, -0.15) is 0 Å². The van der Waals surface area contributed by atoms with Crippen molar-refractivity contribution in [2.24, 2.45) is 0 Å². The van der Waals surface area contributed by atoms with E-state index < -0.39 is 16.1 Å². The molecule has 36 heavy (non-hydrogen) atoms. The zero-order valence-electron chi connectivity index (χ0n) is 21.0. The second-order valence-electron chi connectivity index (χ2n) is 8.16. The first-order chi connectivity index (χ1) is 17.0. The van der Waals surface area contributed by atoms with E-state index in [-0.39, 0.29) is 37.7 Å². The lowest BCUT2D eigenvalue weighted by molar-refractivity contribution is -0.141. The number of amides is 2. The van der Waals surface area contributed by atoms with Crippen molar-refractivity contribution in [3.05, 3.63) is 58.1 Å². The summed E-state index contributed by atoms with van der Waals surface area (Å²) in [6.07, 6.45) is 1.83. The quantitative estimate of drug-likeness (QED) is 0.391. The number of nitrogens with zero attached hydrogens (tertiary/aromatic N) is 2. The Bertz CT molecular complexity index is 1140. The van der Waals surface area contributed by atoms with E-state index in [1.165, 1.54) is 16.3 Å². The molecule has 0 spiro atoms. The van der Waals surface area contributed by atoms with Gasteiger partial charge in [-0.3, -0.25) is 13.9 Å². The van der Waals surface area contributed by atoms with Crippen molar-refractivity contribution in [3.8, 4) is 5.75 Å². The minimum absolute atomic E-state index is 0.0434. The summed E-state index contributed by atoms with van der Waals surface area (Å²) in [5.74, 6) is 0.0703. The number of hydrogen-bond acceptors (Lipinski definition) is 5. The molecule has 1 atom stereocenters. The molecule has 0 aliphatic carbocycles. The van der Waals surface area contributed by atoms with Crippen molar-refractivity contribution in [1.29, 1.82) is 0 Å². The number of rotatable bonds is 13. The maximum atomic E-state index is 13.3. The Labute approximate surface area is 223 Å². The summed E-state index contributed by atoms with van der Waals surface area (Å²) in [6.45, 7) is 4.41. The Hall–Kier alpha value is -2.49. The molecule has 2 aromatic rings. The van der Waals surface area contributed by atoms with Gasteiger partial charge in [0.05, 0.1) is 18.6 Å². The van der Waals surface area contributed by atoms with Crippen molar-refractivity contribution in [3.63, 3.8) is 0 Å². The van der Waals surface area contributed by atoms with Crippen LogP contribution in [0.2, 0.25) is 10.0 Å². The molecule has 0 aliphatic heterocycles. The third kappa shape index (κ3) is 8.28. The fourth-order valence-electron chi connectivity index (χ4n) is 3.80. The number of ether oxygens (including phenoxy) is 1. The van der Waals surface area contributed by atoms with Crippen LogP contribution in [0.1, 0.15) is 38.7 Å². The van der Waals surface area contributed by atoms with E-state index in [9.17, 15) is 18.0 Å². The molecule has 2 aromatic carbocycles. The highest BCUT2D eigenvalue weighted by atomic mass is 35.5. The minimum Gasteiger partial charge on any atom is -0.494 e. The van der Waals surface area contributed by atoms with Gasteiger partial charge in [0, 0.05) is 36.6 Å². The molecular formula is C25H33Cl2N3O5S. The third-order valence-corrected chi connectivity index (χ3v) is 7.36. The van der Waals surface area contributed by atoms with Gasteiger partial charge in [-0.15, -0.1) is 0 Å². The summed E-state index contributed by atoms with van der Waals surface area (Å²) in [5, 5.41) is 3.47. The lowest BCUT2D eigenvalue weighted by Gasteiger charge is -2.31. The first-order valence-corrected chi connectivity index (χ1v) is 14.3. The van der Waals surface area contributed by atoms with Crippen LogP contribution in [0.5, 0.6) is 5.75 Å². The predicted molar refractivity (Wildman–Crippen MR) is 144 cm³/mol. The monoisotopic (exact) mass is 557 g/mol. The van der Waals surface area contributed by atoms with E-state index in [4.69, 9.17) is 27.9 Å². The maximum absolute atomic E-state index is 13.3. The Morgan fingerprint density at radius 3 is 2.28 bits per heavy atom. The van der Waals surface area contributed by atoms with Gasteiger partial charge >= 0.3 is 0 Å². The molecule has 0 aromatic heterocycles. The van der Waals surface area contributed by atoms with E-state index in [1.807, 2.05) is 13.8 Å². The lowest BCUT2D eigenvalue weighted by atomic mass is 10.1. The molecule has 0 heterocycles. The first kappa shape index (κ1) is 29.7. The lowest BCUT2D eigenvalue weighted by Crippen LogP contribution is -2.48. The van der Waals surface area contributed by atoms with Crippen molar-refractivity contribution in [2.45, 2.75) is 45.7 Å². The zero-order valence-corrected chi connectivity index (χ0v) is 23.3. The highest BCUT2D eigenvalue weighted by Gasteiger charge is 2.28. The van der Waals surface area contributed by atoms with Crippen LogP contribution in [0.3, 0.4) is 0 Å². The summed E-state index contributed by atoms with van der Waals surface area (Å²) >= 11 is 12.3. The highest BCUT2D eigenvalue weighted by Crippen LogP contribution is 2.25. The average Bonchev–Trinajstić information content (AvgIpc) is 2.82. The number of carbonyl (C=O) groups is 2. The van der Waals surface area contributed by atoms with Crippen molar-refractivity contribution in [1.82, 2.24) is 10.2 Å². The molecule has 0 bridgehead atoms. The Kier molecular flexibility index (Phi) is 11.3. The summed E-state index contributed by atoms with van der Waals surface area (Å²) in [7, 11) is -2.07. The SMILES string of the molecule is CCOc1ccc(N(CCCC(=O)N(Cc2ccc(Cl)cc2Cl)[C@@H](CC)C(=O)NC)S(C)(=O)=O)cc1. The molecule has 0 unspecified atom stereocenters. The maximum Gasteiger partial charge on any atom is 0.242 e. The van der Waals surface area contributed by atoms with Crippen molar-refractivity contribution >= 4 is 50.7 Å². The molecule has 0 saturated heterocycles. The van der Waals surface area contributed by atoms with Gasteiger partial charge in [-0.05, 0) is 61.7 Å². The Morgan fingerprint density at radius 2 is 1.75 bits per heavy atom. The van der Waals surface area contributed by atoms with Crippen LogP contribution in [-0.4, -0.2) is 57.6 Å². The molecule has 0 fully saturated rings. The van der Waals surface area contributed by atoms with Crippen LogP contribution in [0.25, 0.3) is 0 Å². The molecule has 198 valence electrons. The predicted octanol–water partition coefficient (Wildman–Crippen LogP) is 4.49. The number of benzene rings is 2. The molecule has 0 aliphatic rings. The zero-order chi connectivity index (χ0) is 26.9. The van der Waals surface area contributed by atoms with Gasteiger partial charge in [-0.1, -0.05) is 36.2 Å². The molecule has 0 saturated carbocycles. The number of halogens is 2. The van der Waals surface area contributed by atoms with Gasteiger partial charge in [0.2, 0.25) is 21.8 Å². The fourth-order valence-corrected chi connectivity index (χ4v) is 5.23.